The second-order valence-electron chi connectivity index (χ2n) is 4.94. The Kier molecular flexibility index (Phi) is 4.55. The molecule has 106 valence electrons. The molecule has 0 aliphatic carbocycles. The van der Waals surface area contributed by atoms with E-state index in [1.807, 2.05) is 12.1 Å². The van der Waals surface area contributed by atoms with Gasteiger partial charge in [0.25, 0.3) is 0 Å². The van der Waals surface area contributed by atoms with Gasteiger partial charge in [-0.15, -0.1) is 0 Å². The minimum Gasteiger partial charge on any atom is -0.493 e. The third-order valence-electron chi connectivity index (χ3n) is 3.76. The Bertz CT molecular complexity index is 443. The van der Waals surface area contributed by atoms with Crippen LogP contribution in [0.2, 0.25) is 5.02 Å². The molecule has 2 unspecified atom stereocenters. The second-order valence-corrected chi connectivity index (χ2v) is 5.31. The highest BCUT2D eigenvalue weighted by atomic mass is 35.5. The largest absolute Gasteiger partial charge is 0.493 e. The van der Waals surface area contributed by atoms with E-state index in [1.54, 1.807) is 14.2 Å². The van der Waals surface area contributed by atoms with Crippen LogP contribution in [-0.2, 0) is 0 Å². The third-order valence-corrected chi connectivity index (χ3v) is 4.15. The van der Waals surface area contributed by atoms with Crippen LogP contribution in [0.4, 0.5) is 0 Å². The molecule has 1 saturated heterocycles. The molecule has 4 nitrogen and oxygen atoms in total. The Hall–Kier alpha value is -0.970. The molecule has 0 radical (unpaired) electrons. The van der Waals surface area contributed by atoms with Gasteiger partial charge < -0.3 is 15.2 Å². The van der Waals surface area contributed by atoms with E-state index in [-0.39, 0.29) is 12.1 Å². The molecular weight excluding hydrogens is 264 g/mol. The molecule has 1 fully saturated rings. The number of hydrogen-bond donors (Lipinski definition) is 1. The predicted octanol–water partition coefficient (Wildman–Crippen LogP) is 2.45. The van der Waals surface area contributed by atoms with Crippen LogP contribution in [0.25, 0.3) is 0 Å². The van der Waals surface area contributed by atoms with E-state index in [9.17, 15) is 0 Å². The highest BCUT2D eigenvalue weighted by Crippen LogP contribution is 2.42. The molecule has 1 heterocycles. The van der Waals surface area contributed by atoms with Crippen LogP contribution < -0.4 is 15.2 Å². The number of benzene rings is 1. The minimum atomic E-state index is 0.0920. The van der Waals surface area contributed by atoms with Crippen molar-refractivity contribution in [3.63, 3.8) is 0 Å². The van der Waals surface area contributed by atoms with E-state index in [1.165, 1.54) is 0 Å². The number of ether oxygens (including phenoxy) is 2. The first kappa shape index (κ1) is 14.4. The summed E-state index contributed by atoms with van der Waals surface area (Å²) < 4.78 is 10.6. The van der Waals surface area contributed by atoms with Gasteiger partial charge in [-0.05, 0) is 38.1 Å². The van der Waals surface area contributed by atoms with Crippen LogP contribution in [-0.4, -0.2) is 38.8 Å². The van der Waals surface area contributed by atoms with Gasteiger partial charge in [0.1, 0.15) is 0 Å². The van der Waals surface area contributed by atoms with Gasteiger partial charge in [-0.3, -0.25) is 4.90 Å². The van der Waals surface area contributed by atoms with Crippen molar-refractivity contribution in [3.05, 3.63) is 22.7 Å². The number of likely N-dealkylation sites (tertiary alicyclic amines) is 1. The molecule has 1 aromatic carbocycles. The van der Waals surface area contributed by atoms with Crippen LogP contribution >= 0.6 is 11.6 Å². The van der Waals surface area contributed by atoms with Gasteiger partial charge in [-0.1, -0.05) is 17.7 Å². The Balaban J connectivity index is 2.44. The first-order chi connectivity index (χ1) is 9.10. The Morgan fingerprint density at radius 3 is 2.63 bits per heavy atom. The van der Waals surface area contributed by atoms with Crippen LogP contribution in [0.1, 0.15) is 24.4 Å². The summed E-state index contributed by atoms with van der Waals surface area (Å²) in [6.45, 7) is 1.03. The van der Waals surface area contributed by atoms with Gasteiger partial charge in [-0.2, -0.15) is 0 Å². The van der Waals surface area contributed by atoms with Crippen molar-refractivity contribution in [2.75, 3.05) is 27.8 Å². The summed E-state index contributed by atoms with van der Waals surface area (Å²) in [4.78, 5) is 2.25. The molecule has 0 saturated carbocycles. The van der Waals surface area contributed by atoms with Crippen molar-refractivity contribution >= 4 is 11.6 Å². The molecule has 0 bridgehead atoms. The highest BCUT2D eigenvalue weighted by Gasteiger charge is 2.31. The first-order valence-corrected chi connectivity index (χ1v) is 6.84. The topological polar surface area (TPSA) is 47.7 Å². The molecule has 2 rings (SSSR count). The van der Waals surface area contributed by atoms with E-state index in [0.29, 0.717) is 16.5 Å². The Morgan fingerprint density at radius 1 is 1.32 bits per heavy atom. The van der Waals surface area contributed by atoms with Gasteiger partial charge in [-0.25, -0.2) is 0 Å². The summed E-state index contributed by atoms with van der Waals surface area (Å²) in [5.41, 5.74) is 7.27. The zero-order chi connectivity index (χ0) is 14.0. The molecule has 1 aliphatic rings. The minimum absolute atomic E-state index is 0.0920. The van der Waals surface area contributed by atoms with Crippen LogP contribution in [0, 0.1) is 0 Å². The standard InChI is InChI=1S/C14H21ClN2O2/c1-17-8-4-5-10(16)13(17)9-6-7-11(18-2)14(19-3)12(9)15/h6-7,10,13H,4-5,8,16H2,1-3H3. The van der Waals surface area contributed by atoms with E-state index in [0.717, 1.165) is 24.9 Å². The fraction of sp³-hybridized carbons (Fsp3) is 0.571. The fourth-order valence-corrected chi connectivity index (χ4v) is 3.15. The molecule has 1 aliphatic heterocycles. The summed E-state index contributed by atoms with van der Waals surface area (Å²) in [5.74, 6) is 1.22. The number of nitrogens with two attached hydrogens (primary N) is 1. The lowest BCUT2D eigenvalue weighted by atomic mass is 9.91. The predicted molar refractivity (Wildman–Crippen MR) is 77.1 cm³/mol. The molecule has 0 spiro atoms. The van der Waals surface area contributed by atoms with E-state index in [2.05, 4.69) is 11.9 Å². The highest BCUT2D eigenvalue weighted by molar-refractivity contribution is 6.33. The quantitative estimate of drug-likeness (QED) is 0.926. The maximum absolute atomic E-state index is 6.47. The van der Waals surface area contributed by atoms with Crippen molar-refractivity contribution in [3.8, 4) is 11.5 Å². The Morgan fingerprint density at radius 2 is 2.05 bits per heavy atom. The van der Waals surface area contributed by atoms with Gasteiger partial charge in [0.05, 0.1) is 25.3 Å². The van der Waals surface area contributed by atoms with Crippen molar-refractivity contribution in [2.45, 2.75) is 24.9 Å². The SMILES string of the molecule is COc1ccc(C2C(N)CCCN2C)c(Cl)c1OC. The number of nitrogens with zero attached hydrogens (tertiary/aromatic N) is 1. The number of rotatable bonds is 3. The number of hydrogen-bond acceptors (Lipinski definition) is 4. The van der Waals surface area contributed by atoms with Gasteiger partial charge in [0.2, 0.25) is 0 Å². The lowest BCUT2D eigenvalue weighted by molar-refractivity contribution is 0.162. The van der Waals surface area contributed by atoms with E-state index >= 15 is 0 Å². The van der Waals surface area contributed by atoms with Crippen LogP contribution in [0.15, 0.2) is 12.1 Å². The van der Waals surface area contributed by atoms with E-state index < -0.39 is 0 Å². The summed E-state index contributed by atoms with van der Waals surface area (Å²) in [7, 11) is 5.28. The molecular formula is C14H21ClN2O2. The zero-order valence-electron chi connectivity index (χ0n) is 11.6. The van der Waals surface area contributed by atoms with E-state index in [4.69, 9.17) is 26.8 Å². The normalized spacial score (nSPS) is 24.3. The summed E-state index contributed by atoms with van der Waals surface area (Å²) in [5, 5.41) is 0.594. The Labute approximate surface area is 119 Å². The zero-order valence-corrected chi connectivity index (χ0v) is 12.4. The summed E-state index contributed by atoms with van der Waals surface area (Å²) in [6, 6.07) is 4.08. The van der Waals surface area contributed by atoms with Gasteiger partial charge in [0, 0.05) is 6.04 Å². The molecule has 0 aromatic heterocycles. The number of piperidine rings is 1. The molecule has 0 amide bonds. The van der Waals surface area contributed by atoms with Crippen molar-refractivity contribution < 1.29 is 9.47 Å². The molecule has 2 atom stereocenters. The maximum atomic E-state index is 6.47. The van der Waals surface area contributed by atoms with Gasteiger partial charge >= 0.3 is 0 Å². The smallest absolute Gasteiger partial charge is 0.179 e. The fourth-order valence-electron chi connectivity index (χ4n) is 2.80. The molecule has 1 aromatic rings. The molecule has 2 N–H and O–H groups in total. The van der Waals surface area contributed by atoms with Gasteiger partial charge in [0.15, 0.2) is 11.5 Å². The lowest BCUT2D eigenvalue weighted by Crippen LogP contribution is -2.44. The van der Waals surface area contributed by atoms with Crippen LogP contribution in [0.5, 0.6) is 11.5 Å². The second kappa shape index (κ2) is 5.99. The summed E-state index contributed by atoms with van der Waals surface area (Å²) in [6.07, 6.45) is 2.14. The maximum Gasteiger partial charge on any atom is 0.179 e. The average Bonchev–Trinajstić information content (AvgIpc) is 2.39. The monoisotopic (exact) mass is 284 g/mol. The number of likely N-dealkylation sites (N-methyl/N-ethyl adjacent to an activating group) is 1. The third kappa shape index (κ3) is 2.66. The number of halogens is 1. The number of methoxy groups -OCH3 is 2. The average molecular weight is 285 g/mol. The first-order valence-electron chi connectivity index (χ1n) is 6.46. The van der Waals surface area contributed by atoms with Crippen molar-refractivity contribution in [2.24, 2.45) is 5.73 Å². The summed E-state index contributed by atoms with van der Waals surface area (Å²) >= 11 is 6.47. The van der Waals surface area contributed by atoms with Crippen molar-refractivity contribution in [1.82, 2.24) is 4.90 Å². The van der Waals surface area contributed by atoms with Crippen LogP contribution in [0.3, 0.4) is 0 Å². The molecule has 19 heavy (non-hydrogen) atoms. The lowest BCUT2D eigenvalue weighted by Gasteiger charge is -2.38. The van der Waals surface area contributed by atoms with Crippen molar-refractivity contribution in [1.29, 1.82) is 0 Å². The molecule has 5 heteroatoms.